The maximum Gasteiger partial charge on any atom is 1.00 e. The van der Waals surface area contributed by atoms with Gasteiger partial charge in [-0.1, -0.05) is 64.7 Å². The van der Waals surface area contributed by atoms with Crippen LogP contribution in [0.4, 0.5) is 0 Å². The first-order chi connectivity index (χ1) is 15.9. The number of carbonyl (C=O) groups excluding carboxylic acids is 1. The zero-order chi connectivity index (χ0) is 28.0. The zero-order valence-electron chi connectivity index (χ0n) is 20.6. The van der Waals surface area contributed by atoms with Gasteiger partial charge in [-0.25, -0.2) is 0 Å². The van der Waals surface area contributed by atoms with E-state index in [1.54, 1.807) is 0 Å². The van der Waals surface area contributed by atoms with Gasteiger partial charge in [0.1, 0.15) is 24.4 Å². The minimum absolute atomic E-state index is 0. The van der Waals surface area contributed by atoms with E-state index < -0.39 is 41.4 Å². The standard InChI is InChI=1S/C12H25.C6H12O6.C2H4.2ClH.Cu.Na.H2O4S/c1-3-5-7-9-11-12-10-8-6-4-2;7-1-3(9)5(11)6(12)4(10)2-8;1-2;;;;;1-5(2,3)4/h1,3-12H2,2H3;1,3-6,8-12H,2H2;1-2H2;2*1H;;;(H2,1,2,3,4)/q-1;;;;;+2;+1;/p-2. The van der Waals surface area contributed by atoms with Gasteiger partial charge in [-0.05, 0) is 0 Å². The minimum Gasteiger partial charge on any atom is 1.00 e. The summed E-state index contributed by atoms with van der Waals surface area (Å²) in [6, 6.07) is 0. The van der Waals surface area contributed by atoms with E-state index in [4.69, 9.17) is 43.1 Å². The van der Waals surface area contributed by atoms with E-state index in [9.17, 15) is 4.79 Å². The number of rotatable bonds is 14. The van der Waals surface area contributed by atoms with Crippen molar-refractivity contribution in [3.8, 4) is 0 Å². The average molecular weight is 633 g/mol. The van der Waals surface area contributed by atoms with Crippen molar-refractivity contribution in [2.45, 2.75) is 95.5 Å². The fraction of sp³-hybridized carbons (Fsp3) is 0.800. The van der Waals surface area contributed by atoms with Gasteiger partial charge in [-0.2, -0.15) is 14.8 Å². The first-order valence-electron chi connectivity index (χ1n) is 10.5. The molecule has 0 amide bonds. The molecule has 0 aliphatic carbocycles. The van der Waals surface area contributed by atoms with Crippen molar-refractivity contribution in [3.63, 3.8) is 0 Å². The Balaban J connectivity index is -0.0000000857. The Morgan fingerprint density at radius 3 is 1.46 bits per heavy atom. The van der Waals surface area contributed by atoms with Gasteiger partial charge in [0.25, 0.3) is 0 Å². The molecule has 10 nitrogen and oxygen atoms in total. The molecule has 0 radical (unpaired) electrons. The van der Waals surface area contributed by atoms with Crippen LogP contribution in [-0.2, 0) is 28.3 Å². The van der Waals surface area contributed by atoms with Crippen LogP contribution in [0.5, 0.6) is 0 Å². The van der Waals surface area contributed by atoms with E-state index in [0.717, 1.165) is 19.6 Å². The summed E-state index contributed by atoms with van der Waals surface area (Å²) >= 11 is 0.757. The number of aliphatic hydroxyl groups excluding tert-OH is 5. The number of aliphatic hydroxyl groups is 5. The van der Waals surface area contributed by atoms with E-state index in [1.807, 2.05) is 0 Å². The van der Waals surface area contributed by atoms with Gasteiger partial charge >= 0.3 is 73.3 Å². The molecule has 0 saturated carbocycles. The molecule has 215 valence electrons. The van der Waals surface area contributed by atoms with Gasteiger partial charge in [0.15, 0.2) is 6.29 Å². The summed E-state index contributed by atoms with van der Waals surface area (Å²) in [7, 11) is 4.67. The molecule has 0 rings (SSSR count). The minimum atomic E-state index is -4.67. The zero-order valence-corrected chi connectivity index (χ0v) is 25.9. The largest absolute Gasteiger partial charge is 1.00 e. The first-order valence-corrected chi connectivity index (χ1v) is 14.4. The number of unbranched alkanes of at least 4 members (excludes halogenated alkanes) is 9. The van der Waals surface area contributed by atoms with Crippen molar-refractivity contribution in [3.05, 3.63) is 20.1 Å². The third-order valence-electron chi connectivity index (χ3n) is 3.77. The first kappa shape index (κ1) is 49.2. The van der Waals surface area contributed by atoms with Crippen molar-refractivity contribution >= 4 is 36.9 Å². The van der Waals surface area contributed by atoms with Gasteiger partial charge in [0, 0.05) is 0 Å². The molecule has 0 aliphatic heterocycles. The fourth-order valence-corrected chi connectivity index (χ4v) is 2.11. The third-order valence-corrected chi connectivity index (χ3v) is 3.77. The number of halogens is 2. The van der Waals surface area contributed by atoms with Crippen LogP contribution in [0.15, 0.2) is 13.2 Å². The van der Waals surface area contributed by atoms with Gasteiger partial charge < -0.3 is 37.3 Å². The van der Waals surface area contributed by atoms with E-state index >= 15 is 0 Å². The molecule has 35 heavy (non-hydrogen) atoms. The topological polar surface area (TPSA) is 193 Å². The molecular weight excluding hydrogens is 590 g/mol. The molecule has 0 aromatic rings. The quantitative estimate of drug-likeness (QED) is 0.0339. The summed E-state index contributed by atoms with van der Waals surface area (Å²) < 4.78 is 31.6. The molecule has 0 aliphatic rings. The van der Waals surface area contributed by atoms with Crippen molar-refractivity contribution in [2.75, 3.05) is 6.61 Å². The second kappa shape index (κ2) is 39.7. The van der Waals surface area contributed by atoms with Crippen LogP contribution in [0.1, 0.15) is 71.1 Å². The molecule has 0 heterocycles. The predicted molar refractivity (Wildman–Crippen MR) is 132 cm³/mol. The Morgan fingerprint density at radius 2 is 1.20 bits per heavy atom. The molecule has 4 atom stereocenters. The molecule has 15 heteroatoms. The van der Waals surface area contributed by atoms with Crippen molar-refractivity contribution in [1.29, 1.82) is 0 Å². The van der Waals surface area contributed by atoms with Crippen LogP contribution in [0.3, 0.4) is 0 Å². The number of hydrogen-bond acceptors (Lipinski definition) is 8. The van der Waals surface area contributed by atoms with E-state index in [-0.39, 0.29) is 35.8 Å². The Bertz CT molecular complexity index is 479. The molecule has 0 saturated heterocycles. The monoisotopic (exact) mass is 631 g/mol. The van der Waals surface area contributed by atoms with Crippen molar-refractivity contribution in [2.24, 2.45) is 0 Å². The number of hydrogen-bond donors (Lipinski definition) is 7. The normalized spacial score (nSPS) is 13.2. The van der Waals surface area contributed by atoms with Crippen molar-refractivity contribution < 1.29 is 90.5 Å². The van der Waals surface area contributed by atoms with Crippen molar-refractivity contribution in [1.82, 2.24) is 0 Å². The Labute approximate surface area is 248 Å². The van der Waals surface area contributed by atoms with Crippen LogP contribution in [0.25, 0.3) is 0 Å². The predicted octanol–water partition coefficient (Wildman–Crippen LogP) is -0.108. The maximum atomic E-state index is 9.90. The Kier molecular flexibility index (Phi) is 55.7. The van der Waals surface area contributed by atoms with Crippen LogP contribution in [0.2, 0.25) is 0 Å². The SMILES string of the molecule is C=C.O=CC(O)C(O)C(O)C(O)CO.O=S(=O)(O)O.[CH2-]CCCCCCCCCCC.[Cl][Cu][Cl].[Na+]. The second-order valence-electron chi connectivity index (χ2n) is 6.53. The molecule has 7 N–H and O–H groups in total. The number of carbonyl (C=O) groups is 1. The molecular formula is C20H43Cl2CuNaO10S. The van der Waals surface area contributed by atoms with Crippen LogP contribution in [0, 0.1) is 6.92 Å². The third kappa shape index (κ3) is 56.5. The van der Waals surface area contributed by atoms with Crippen LogP contribution in [-0.4, -0.2) is 80.4 Å². The van der Waals surface area contributed by atoms with Gasteiger partial charge in [-0.3, -0.25) is 9.11 Å². The van der Waals surface area contributed by atoms with Crippen LogP contribution >= 0.6 is 20.2 Å². The van der Waals surface area contributed by atoms with E-state index in [1.165, 1.54) is 57.8 Å². The Hall–Kier alpha value is 1.18. The molecule has 0 aromatic heterocycles. The summed E-state index contributed by atoms with van der Waals surface area (Å²) in [5.74, 6) is 0. The maximum absolute atomic E-state index is 9.90. The molecule has 0 fully saturated rings. The smallest absolute Gasteiger partial charge is 1.00 e. The van der Waals surface area contributed by atoms with Gasteiger partial charge in [-0.15, -0.1) is 13.2 Å². The summed E-state index contributed by atoms with van der Waals surface area (Å²) in [6.07, 6.45) is 7.04. The number of aldehydes is 1. The molecule has 0 bridgehead atoms. The summed E-state index contributed by atoms with van der Waals surface area (Å²) in [6.45, 7) is 11.4. The van der Waals surface area contributed by atoms with E-state index in [0.29, 0.717) is 0 Å². The van der Waals surface area contributed by atoms with Crippen LogP contribution < -0.4 is 29.6 Å². The fourth-order valence-electron chi connectivity index (χ4n) is 2.11. The summed E-state index contributed by atoms with van der Waals surface area (Å²) in [4.78, 5) is 9.90. The Morgan fingerprint density at radius 1 is 0.886 bits per heavy atom. The molecule has 4 unspecified atom stereocenters. The average Bonchev–Trinajstić information content (AvgIpc) is 2.80. The molecule has 0 spiro atoms. The second-order valence-corrected chi connectivity index (χ2v) is 8.98. The summed E-state index contributed by atoms with van der Waals surface area (Å²) in [5.41, 5.74) is 0. The van der Waals surface area contributed by atoms with Gasteiger partial charge in [0.05, 0.1) is 6.61 Å². The van der Waals surface area contributed by atoms with Gasteiger partial charge in [0.2, 0.25) is 0 Å². The summed E-state index contributed by atoms with van der Waals surface area (Å²) in [5, 5.41) is 43.5. The van der Waals surface area contributed by atoms with E-state index in [2.05, 4.69) is 47.2 Å². The molecule has 0 aromatic carbocycles.